The Balaban J connectivity index is 1.58. The molecule has 1 aromatic rings. The van der Waals surface area contributed by atoms with Crippen LogP contribution in [0, 0.1) is 5.92 Å². The number of carbonyl (C=O) groups excluding carboxylic acids is 1. The van der Waals surface area contributed by atoms with Gasteiger partial charge in [-0.25, -0.2) is 0 Å². The summed E-state index contributed by atoms with van der Waals surface area (Å²) < 4.78 is 5.55. The molecule has 4 nitrogen and oxygen atoms in total. The van der Waals surface area contributed by atoms with E-state index in [2.05, 4.69) is 10.6 Å². The lowest BCUT2D eigenvalue weighted by Gasteiger charge is -2.13. The number of hydrogen-bond acceptors (Lipinski definition) is 3. The topological polar surface area (TPSA) is 50.4 Å². The Kier molecular flexibility index (Phi) is 3.19. The summed E-state index contributed by atoms with van der Waals surface area (Å²) in [7, 11) is 0. The number of amides is 1. The van der Waals surface area contributed by atoms with Gasteiger partial charge in [-0.05, 0) is 31.5 Å². The van der Waals surface area contributed by atoms with E-state index in [-0.39, 0.29) is 11.9 Å². The van der Waals surface area contributed by atoms with Crippen LogP contribution in [-0.4, -0.2) is 25.6 Å². The van der Waals surface area contributed by atoms with Gasteiger partial charge in [0, 0.05) is 12.0 Å². The smallest absolute Gasteiger partial charge is 0.220 e. The van der Waals surface area contributed by atoms with Gasteiger partial charge in [-0.2, -0.15) is 0 Å². The van der Waals surface area contributed by atoms with Crippen molar-refractivity contribution in [1.82, 2.24) is 10.6 Å². The molecule has 0 bridgehead atoms. The molecule has 1 fully saturated rings. The predicted octanol–water partition coefficient (Wildman–Crippen LogP) is 1.24. The minimum absolute atomic E-state index is 0.0167. The van der Waals surface area contributed by atoms with Crippen molar-refractivity contribution < 1.29 is 9.53 Å². The Bertz CT molecular complexity index is 441. The van der Waals surface area contributed by atoms with Gasteiger partial charge in [0.05, 0.1) is 6.04 Å². The van der Waals surface area contributed by atoms with Gasteiger partial charge in [0.1, 0.15) is 12.4 Å². The monoisotopic (exact) mass is 246 g/mol. The molecule has 1 saturated heterocycles. The van der Waals surface area contributed by atoms with Crippen LogP contribution in [0.1, 0.15) is 24.4 Å². The van der Waals surface area contributed by atoms with Gasteiger partial charge < -0.3 is 15.4 Å². The molecular formula is C14H18N2O2. The highest BCUT2D eigenvalue weighted by Crippen LogP contribution is 2.31. The van der Waals surface area contributed by atoms with Crippen LogP contribution in [0.25, 0.3) is 0 Å². The van der Waals surface area contributed by atoms with Crippen LogP contribution in [0.4, 0.5) is 0 Å². The molecule has 3 rings (SSSR count). The van der Waals surface area contributed by atoms with E-state index in [4.69, 9.17) is 4.74 Å². The molecule has 2 unspecified atom stereocenters. The second kappa shape index (κ2) is 4.98. The minimum Gasteiger partial charge on any atom is -0.491 e. The molecular weight excluding hydrogens is 228 g/mol. The van der Waals surface area contributed by atoms with Crippen molar-refractivity contribution >= 4 is 5.91 Å². The Hall–Kier alpha value is -1.55. The lowest BCUT2D eigenvalue weighted by atomic mass is 10.0. The second-order valence-corrected chi connectivity index (χ2v) is 5.03. The maximum absolute atomic E-state index is 12.0. The highest BCUT2D eigenvalue weighted by Gasteiger charge is 2.26. The van der Waals surface area contributed by atoms with Crippen LogP contribution in [0.15, 0.2) is 24.3 Å². The van der Waals surface area contributed by atoms with Crippen molar-refractivity contribution in [3.05, 3.63) is 29.8 Å². The first kappa shape index (κ1) is 11.5. The maximum atomic E-state index is 12.0. The van der Waals surface area contributed by atoms with Crippen molar-refractivity contribution in [3.8, 4) is 5.75 Å². The van der Waals surface area contributed by atoms with Crippen LogP contribution >= 0.6 is 0 Å². The van der Waals surface area contributed by atoms with Crippen LogP contribution in [0.3, 0.4) is 0 Å². The molecule has 18 heavy (non-hydrogen) atoms. The highest BCUT2D eigenvalue weighted by molar-refractivity contribution is 5.77. The lowest BCUT2D eigenvalue weighted by Crippen LogP contribution is -2.31. The molecule has 0 spiro atoms. The van der Waals surface area contributed by atoms with Crippen LogP contribution in [0.5, 0.6) is 5.75 Å². The van der Waals surface area contributed by atoms with Crippen molar-refractivity contribution in [2.75, 3.05) is 19.7 Å². The zero-order valence-corrected chi connectivity index (χ0v) is 10.3. The van der Waals surface area contributed by atoms with Gasteiger partial charge in [0.25, 0.3) is 0 Å². The van der Waals surface area contributed by atoms with Crippen molar-refractivity contribution in [1.29, 1.82) is 0 Å². The fourth-order valence-electron chi connectivity index (χ4n) is 2.69. The van der Waals surface area contributed by atoms with Gasteiger partial charge in [0.2, 0.25) is 5.91 Å². The largest absolute Gasteiger partial charge is 0.491 e. The van der Waals surface area contributed by atoms with Gasteiger partial charge >= 0.3 is 0 Å². The first-order chi connectivity index (χ1) is 8.83. The average Bonchev–Trinajstić information content (AvgIpc) is 3.00. The van der Waals surface area contributed by atoms with Crippen molar-refractivity contribution in [2.24, 2.45) is 5.92 Å². The normalized spacial score (nSPS) is 25.6. The standard InChI is InChI=1S/C14H18N2O2/c17-14(7-10-5-6-15-8-10)16-12-9-18-13-4-2-1-3-11(12)13/h1-4,10,12,15H,5-9H2,(H,16,17). The molecule has 2 aliphatic rings. The Morgan fingerprint density at radius 3 is 3.17 bits per heavy atom. The van der Waals surface area contributed by atoms with Crippen LogP contribution in [0.2, 0.25) is 0 Å². The third-order valence-electron chi connectivity index (χ3n) is 3.67. The van der Waals surface area contributed by atoms with Gasteiger partial charge in [-0.15, -0.1) is 0 Å². The molecule has 96 valence electrons. The number of fused-ring (bicyclic) bond motifs is 1. The van der Waals surface area contributed by atoms with Crippen LogP contribution < -0.4 is 15.4 Å². The van der Waals surface area contributed by atoms with Crippen LogP contribution in [-0.2, 0) is 4.79 Å². The second-order valence-electron chi connectivity index (χ2n) is 5.03. The van der Waals surface area contributed by atoms with Crippen molar-refractivity contribution in [3.63, 3.8) is 0 Å². The number of rotatable bonds is 3. The maximum Gasteiger partial charge on any atom is 0.220 e. The minimum atomic E-state index is 0.0167. The molecule has 1 amide bonds. The number of carbonyl (C=O) groups is 1. The van der Waals surface area contributed by atoms with E-state index in [0.717, 1.165) is 30.8 Å². The summed E-state index contributed by atoms with van der Waals surface area (Å²) >= 11 is 0. The first-order valence-corrected chi connectivity index (χ1v) is 6.55. The summed E-state index contributed by atoms with van der Waals surface area (Å²) in [6, 6.07) is 7.91. The SMILES string of the molecule is O=C(CC1CCNC1)NC1COc2ccccc21. The molecule has 2 aliphatic heterocycles. The van der Waals surface area contributed by atoms with Gasteiger partial charge in [-0.3, -0.25) is 4.79 Å². The molecule has 2 N–H and O–H groups in total. The quantitative estimate of drug-likeness (QED) is 0.843. The Morgan fingerprint density at radius 2 is 2.33 bits per heavy atom. The average molecular weight is 246 g/mol. The first-order valence-electron chi connectivity index (χ1n) is 6.55. The molecule has 0 aromatic heterocycles. The van der Waals surface area contributed by atoms with E-state index in [1.807, 2.05) is 24.3 Å². The summed E-state index contributed by atoms with van der Waals surface area (Å²) in [6.45, 7) is 2.55. The molecule has 0 aliphatic carbocycles. The molecule has 4 heteroatoms. The van der Waals surface area contributed by atoms with E-state index < -0.39 is 0 Å². The lowest BCUT2D eigenvalue weighted by molar-refractivity contribution is -0.122. The Morgan fingerprint density at radius 1 is 1.44 bits per heavy atom. The predicted molar refractivity (Wildman–Crippen MR) is 68.4 cm³/mol. The number of para-hydroxylation sites is 1. The summed E-state index contributed by atoms with van der Waals surface area (Å²) in [5.41, 5.74) is 1.09. The molecule has 2 atom stereocenters. The number of hydrogen-bond donors (Lipinski definition) is 2. The molecule has 0 radical (unpaired) electrons. The van der Waals surface area contributed by atoms with E-state index >= 15 is 0 Å². The van der Waals surface area contributed by atoms with E-state index in [0.29, 0.717) is 18.9 Å². The third-order valence-corrected chi connectivity index (χ3v) is 3.67. The fraction of sp³-hybridized carbons (Fsp3) is 0.500. The zero-order valence-electron chi connectivity index (χ0n) is 10.3. The Labute approximate surface area is 107 Å². The molecule has 0 saturated carbocycles. The number of nitrogens with one attached hydrogen (secondary N) is 2. The van der Waals surface area contributed by atoms with Crippen molar-refractivity contribution in [2.45, 2.75) is 18.9 Å². The summed E-state index contributed by atoms with van der Waals surface area (Å²) in [6.07, 6.45) is 1.72. The van der Waals surface area contributed by atoms with E-state index in [1.165, 1.54) is 0 Å². The van der Waals surface area contributed by atoms with E-state index in [1.54, 1.807) is 0 Å². The molecule has 2 heterocycles. The van der Waals surface area contributed by atoms with Gasteiger partial charge in [-0.1, -0.05) is 18.2 Å². The fourth-order valence-corrected chi connectivity index (χ4v) is 2.69. The highest BCUT2D eigenvalue weighted by atomic mass is 16.5. The number of benzene rings is 1. The van der Waals surface area contributed by atoms with Gasteiger partial charge in [0.15, 0.2) is 0 Å². The third kappa shape index (κ3) is 2.34. The number of ether oxygens (including phenoxy) is 1. The molecule has 1 aromatic carbocycles. The summed E-state index contributed by atoms with van der Waals surface area (Å²) in [5, 5.41) is 6.35. The van der Waals surface area contributed by atoms with E-state index in [9.17, 15) is 4.79 Å². The summed E-state index contributed by atoms with van der Waals surface area (Å²) in [5.74, 6) is 1.52. The zero-order chi connectivity index (χ0) is 12.4. The summed E-state index contributed by atoms with van der Waals surface area (Å²) in [4.78, 5) is 12.0.